The summed E-state index contributed by atoms with van der Waals surface area (Å²) in [6.07, 6.45) is -0.682. The summed E-state index contributed by atoms with van der Waals surface area (Å²) in [5.41, 5.74) is 1.49. The quantitative estimate of drug-likeness (QED) is 0.684. The van der Waals surface area contributed by atoms with E-state index >= 15 is 0 Å². The Labute approximate surface area is 80.8 Å². The fraction of sp³-hybridized carbons (Fsp3) is 0.222. The van der Waals surface area contributed by atoms with Crippen LogP contribution in [0.4, 0.5) is 5.95 Å². The molecule has 72 valence electrons. The SMILES string of the molecule is CC(O)Nc1nnc2ccccc2n1. The number of nitrogens with zero attached hydrogens (tertiary/aromatic N) is 3. The molecule has 0 aliphatic rings. The molecule has 0 bridgehead atoms. The van der Waals surface area contributed by atoms with Crippen LogP contribution in [0.3, 0.4) is 0 Å². The van der Waals surface area contributed by atoms with Crippen molar-refractivity contribution in [2.75, 3.05) is 5.32 Å². The van der Waals surface area contributed by atoms with Gasteiger partial charge in [-0.15, -0.1) is 10.2 Å². The predicted molar refractivity (Wildman–Crippen MR) is 52.6 cm³/mol. The van der Waals surface area contributed by atoms with Gasteiger partial charge in [0.15, 0.2) is 0 Å². The number of rotatable bonds is 2. The van der Waals surface area contributed by atoms with Gasteiger partial charge in [-0.1, -0.05) is 12.1 Å². The number of aliphatic hydroxyl groups is 1. The first kappa shape index (κ1) is 8.83. The van der Waals surface area contributed by atoms with E-state index in [0.717, 1.165) is 11.0 Å². The molecule has 1 atom stereocenters. The third kappa shape index (κ3) is 1.77. The second-order valence-corrected chi connectivity index (χ2v) is 2.94. The first-order valence-corrected chi connectivity index (χ1v) is 4.30. The highest BCUT2D eigenvalue weighted by Crippen LogP contribution is 2.08. The molecule has 0 amide bonds. The zero-order valence-electron chi connectivity index (χ0n) is 7.68. The molecule has 1 aromatic heterocycles. The number of fused-ring (bicyclic) bond motifs is 1. The monoisotopic (exact) mass is 190 g/mol. The molecule has 1 heterocycles. The molecule has 5 nitrogen and oxygen atoms in total. The minimum absolute atomic E-state index is 0.332. The standard InChI is InChI=1S/C9H10N4O/c1-6(14)10-9-11-7-4-2-3-5-8(7)12-13-9/h2-6,14H,1H3,(H,10,11,13). The Hall–Kier alpha value is -1.75. The van der Waals surface area contributed by atoms with Gasteiger partial charge in [-0.3, -0.25) is 0 Å². The Morgan fingerprint density at radius 2 is 1.93 bits per heavy atom. The van der Waals surface area contributed by atoms with Gasteiger partial charge in [0, 0.05) is 0 Å². The van der Waals surface area contributed by atoms with Crippen LogP contribution in [0, 0.1) is 0 Å². The van der Waals surface area contributed by atoms with Crippen LogP contribution in [-0.2, 0) is 0 Å². The molecule has 0 aliphatic heterocycles. The van der Waals surface area contributed by atoms with Gasteiger partial charge < -0.3 is 10.4 Å². The summed E-state index contributed by atoms with van der Waals surface area (Å²) >= 11 is 0. The molecular weight excluding hydrogens is 180 g/mol. The van der Waals surface area contributed by atoms with E-state index in [1.54, 1.807) is 6.92 Å². The summed E-state index contributed by atoms with van der Waals surface area (Å²) in [4.78, 5) is 4.17. The summed E-state index contributed by atoms with van der Waals surface area (Å²) in [5, 5.41) is 19.5. The number of anilines is 1. The number of aromatic nitrogens is 3. The molecule has 1 aromatic carbocycles. The van der Waals surface area contributed by atoms with E-state index in [2.05, 4.69) is 20.5 Å². The number of hydrogen-bond acceptors (Lipinski definition) is 5. The lowest BCUT2D eigenvalue weighted by molar-refractivity contribution is 0.223. The lowest BCUT2D eigenvalue weighted by Crippen LogP contribution is -2.16. The number of para-hydroxylation sites is 1. The molecule has 2 aromatic rings. The third-order valence-electron chi connectivity index (χ3n) is 1.70. The Morgan fingerprint density at radius 1 is 1.21 bits per heavy atom. The van der Waals surface area contributed by atoms with E-state index in [9.17, 15) is 0 Å². The van der Waals surface area contributed by atoms with E-state index in [1.165, 1.54) is 0 Å². The molecule has 0 radical (unpaired) electrons. The van der Waals surface area contributed by atoms with Crippen LogP contribution < -0.4 is 5.32 Å². The van der Waals surface area contributed by atoms with Crippen LogP contribution in [-0.4, -0.2) is 26.5 Å². The largest absolute Gasteiger partial charge is 0.374 e. The zero-order chi connectivity index (χ0) is 9.97. The maximum Gasteiger partial charge on any atom is 0.245 e. The van der Waals surface area contributed by atoms with Crippen LogP contribution in [0.2, 0.25) is 0 Å². The minimum atomic E-state index is -0.682. The zero-order valence-corrected chi connectivity index (χ0v) is 7.68. The fourth-order valence-corrected chi connectivity index (χ4v) is 1.13. The summed E-state index contributed by atoms with van der Waals surface area (Å²) in [5.74, 6) is 0.332. The summed E-state index contributed by atoms with van der Waals surface area (Å²) in [6.45, 7) is 1.60. The highest BCUT2D eigenvalue weighted by atomic mass is 16.3. The molecule has 14 heavy (non-hydrogen) atoms. The van der Waals surface area contributed by atoms with Gasteiger partial charge in [0.2, 0.25) is 5.95 Å². The molecule has 1 unspecified atom stereocenters. The fourth-order valence-electron chi connectivity index (χ4n) is 1.13. The van der Waals surface area contributed by atoms with Crippen molar-refractivity contribution in [3.63, 3.8) is 0 Å². The normalized spacial score (nSPS) is 12.7. The van der Waals surface area contributed by atoms with Crippen molar-refractivity contribution in [1.29, 1.82) is 0 Å². The molecule has 0 aliphatic carbocycles. The molecule has 5 heteroatoms. The van der Waals surface area contributed by atoms with Crippen LogP contribution in [0.25, 0.3) is 11.0 Å². The lowest BCUT2D eigenvalue weighted by atomic mass is 10.3. The van der Waals surface area contributed by atoms with Crippen molar-refractivity contribution in [3.05, 3.63) is 24.3 Å². The van der Waals surface area contributed by atoms with Gasteiger partial charge in [0.05, 0.1) is 5.52 Å². The summed E-state index contributed by atoms with van der Waals surface area (Å²) < 4.78 is 0. The smallest absolute Gasteiger partial charge is 0.245 e. The van der Waals surface area contributed by atoms with Crippen molar-refractivity contribution in [2.24, 2.45) is 0 Å². The van der Waals surface area contributed by atoms with Gasteiger partial charge in [-0.05, 0) is 19.1 Å². The van der Waals surface area contributed by atoms with Crippen molar-refractivity contribution < 1.29 is 5.11 Å². The van der Waals surface area contributed by atoms with Crippen molar-refractivity contribution >= 4 is 17.0 Å². The molecule has 0 saturated heterocycles. The average Bonchev–Trinajstić information content (AvgIpc) is 2.17. The lowest BCUT2D eigenvalue weighted by Gasteiger charge is -2.06. The van der Waals surface area contributed by atoms with E-state index in [4.69, 9.17) is 5.11 Å². The number of nitrogens with one attached hydrogen (secondary N) is 1. The predicted octanol–water partition coefficient (Wildman–Crippen LogP) is 0.775. The summed E-state index contributed by atoms with van der Waals surface area (Å²) in [7, 11) is 0. The van der Waals surface area contributed by atoms with Gasteiger partial charge in [0.1, 0.15) is 11.7 Å². The van der Waals surface area contributed by atoms with Crippen LogP contribution in [0.1, 0.15) is 6.92 Å². The van der Waals surface area contributed by atoms with Crippen LogP contribution in [0.15, 0.2) is 24.3 Å². The van der Waals surface area contributed by atoms with E-state index in [0.29, 0.717) is 5.95 Å². The van der Waals surface area contributed by atoms with E-state index < -0.39 is 6.23 Å². The van der Waals surface area contributed by atoms with Gasteiger partial charge in [-0.25, -0.2) is 4.98 Å². The molecule has 2 rings (SSSR count). The molecule has 0 fully saturated rings. The highest BCUT2D eigenvalue weighted by molar-refractivity contribution is 5.73. The molecular formula is C9H10N4O. The van der Waals surface area contributed by atoms with E-state index in [1.807, 2.05) is 24.3 Å². The second-order valence-electron chi connectivity index (χ2n) is 2.94. The second kappa shape index (κ2) is 3.55. The topological polar surface area (TPSA) is 70.9 Å². The first-order chi connectivity index (χ1) is 6.75. The molecule has 2 N–H and O–H groups in total. The summed E-state index contributed by atoms with van der Waals surface area (Å²) in [6, 6.07) is 7.43. The van der Waals surface area contributed by atoms with Crippen LogP contribution >= 0.6 is 0 Å². The first-order valence-electron chi connectivity index (χ1n) is 4.30. The maximum atomic E-state index is 9.06. The van der Waals surface area contributed by atoms with Crippen molar-refractivity contribution in [1.82, 2.24) is 15.2 Å². The highest BCUT2D eigenvalue weighted by Gasteiger charge is 2.01. The van der Waals surface area contributed by atoms with Crippen LogP contribution in [0.5, 0.6) is 0 Å². The Kier molecular flexibility index (Phi) is 2.24. The number of benzene rings is 1. The van der Waals surface area contributed by atoms with Gasteiger partial charge in [-0.2, -0.15) is 0 Å². The Balaban J connectivity index is 2.41. The van der Waals surface area contributed by atoms with Gasteiger partial charge >= 0.3 is 0 Å². The van der Waals surface area contributed by atoms with E-state index in [-0.39, 0.29) is 0 Å². The average molecular weight is 190 g/mol. The Morgan fingerprint density at radius 3 is 2.64 bits per heavy atom. The third-order valence-corrected chi connectivity index (χ3v) is 1.70. The van der Waals surface area contributed by atoms with Gasteiger partial charge in [0.25, 0.3) is 0 Å². The molecule has 0 saturated carbocycles. The number of aliphatic hydroxyl groups excluding tert-OH is 1. The van der Waals surface area contributed by atoms with Crippen molar-refractivity contribution in [2.45, 2.75) is 13.2 Å². The minimum Gasteiger partial charge on any atom is -0.374 e. The maximum absolute atomic E-state index is 9.06. The Bertz CT molecular complexity index is 444. The number of hydrogen-bond donors (Lipinski definition) is 2. The molecule has 0 spiro atoms. The van der Waals surface area contributed by atoms with Crippen molar-refractivity contribution in [3.8, 4) is 0 Å².